The SMILES string of the molecule is O=[N+]([O-])c1cn(C(c2ccccc2)c2ccccc2)cn1. The van der Waals surface area contributed by atoms with Gasteiger partial charge in [0.1, 0.15) is 6.20 Å². The Bertz CT molecular complexity index is 699. The number of hydrogen-bond donors (Lipinski definition) is 0. The van der Waals surface area contributed by atoms with Gasteiger partial charge in [-0.2, -0.15) is 0 Å². The van der Waals surface area contributed by atoms with E-state index in [2.05, 4.69) is 4.98 Å². The van der Waals surface area contributed by atoms with Gasteiger partial charge in [-0.25, -0.2) is 0 Å². The van der Waals surface area contributed by atoms with Crippen molar-refractivity contribution in [3.63, 3.8) is 0 Å². The zero-order valence-electron chi connectivity index (χ0n) is 11.2. The lowest BCUT2D eigenvalue weighted by Crippen LogP contribution is -2.10. The molecule has 104 valence electrons. The molecule has 0 aliphatic heterocycles. The van der Waals surface area contributed by atoms with Crippen molar-refractivity contribution < 1.29 is 4.92 Å². The summed E-state index contributed by atoms with van der Waals surface area (Å²) >= 11 is 0. The summed E-state index contributed by atoms with van der Waals surface area (Å²) in [4.78, 5) is 14.2. The molecule has 0 bridgehead atoms. The molecule has 0 aliphatic carbocycles. The summed E-state index contributed by atoms with van der Waals surface area (Å²) in [5.74, 6) is -0.146. The molecular formula is C16H13N3O2. The van der Waals surface area contributed by atoms with Crippen molar-refractivity contribution >= 4 is 5.82 Å². The minimum Gasteiger partial charge on any atom is -0.358 e. The molecule has 21 heavy (non-hydrogen) atoms. The van der Waals surface area contributed by atoms with Crippen LogP contribution < -0.4 is 0 Å². The molecule has 0 aliphatic rings. The first-order valence-corrected chi connectivity index (χ1v) is 6.53. The van der Waals surface area contributed by atoms with Crippen molar-refractivity contribution in [1.29, 1.82) is 0 Å². The molecule has 5 nitrogen and oxygen atoms in total. The molecule has 0 N–H and O–H groups in total. The van der Waals surface area contributed by atoms with Crippen molar-refractivity contribution in [3.05, 3.63) is 94.4 Å². The van der Waals surface area contributed by atoms with E-state index in [-0.39, 0.29) is 11.9 Å². The first kappa shape index (κ1) is 13.1. The van der Waals surface area contributed by atoms with Crippen LogP contribution in [0.3, 0.4) is 0 Å². The highest BCUT2D eigenvalue weighted by molar-refractivity contribution is 5.33. The summed E-state index contributed by atoms with van der Waals surface area (Å²) in [6.07, 6.45) is 2.97. The Morgan fingerprint density at radius 3 is 1.90 bits per heavy atom. The molecule has 0 spiro atoms. The Kier molecular flexibility index (Phi) is 3.47. The largest absolute Gasteiger partial charge is 0.381 e. The smallest absolute Gasteiger partial charge is 0.358 e. The van der Waals surface area contributed by atoms with Crippen molar-refractivity contribution in [2.45, 2.75) is 6.04 Å². The third-order valence-electron chi connectivity index (χ3n) is 3.30. The van der Waals surface area contributed by atoms with E-state index in [1.165, 1.54) is 12.5 Å². The van der Waals surface area contributed by atoms with E-state index in [0.717, 1.165) is 11.1 Å². The van der Waals surface area contributed by atoms with Crippen LogP contribution >= 0.6 is 0 Å². The van der Waals surface area contributed by atoms with Gasteiger partial charge in [0.15, 0.2) is 0 Å². The zero-order valence-corrected chi connectivity index (χ0v) is 11.2. The zero-order chi connectivity index (χ0) is 14.7. The molecule has 0 radical (unpaired) electrons. The fourth-order valence-electron chi connectivity index (χ4n) is 2.37. The second-order valence-corrected chi connectivity index (χ2v) is 4.66. The third kappa shape index (κ3) is 2.67. The minimum absolute atomic E-state index is 0.131. The standard InChI is InChI=1S/C16H13N3O2/c20-19(21)15-11-18(12-17-15)16(13-7-3-1-4-8-13)14-9-5-2-6-10-14/h1-12,16H. The monoisotopic (exact) mass is 279 g/mol. The molecule has 0 unspecified atom stereocenters. The molecule has 0 atom stereocenters. The topological polar surface area (TPSA) is 61.0 Å². The van der Waals surface area contributed by atoms with Gasteiger partial charge in [-0.15, -0.1) is 0 Å². The van der Waals surface area contributed by atoms with E-state index in [0.29, 0.717) is 0 Å². The lowest BCUT2D eigenvalue weighted by molar-refractivity contribution is -0.389. The highest BCUT2D eigenvalue weighted by atomic mass is 16.6. The first-order chi connectivity index (χ1) is 10.3. The predicted molar refractivity (Wildman–Crippen MR) is 79.0 cm³/mol. The molecular weight excluding hydrogens is 266 g/mol. The predicted octanol–water partition coefficient (Wildman–Crippen LogP) is 3.43. The van der Waals surface area contributed by atoms with E-state index >= 15 is 0 Å². The Morgan fingerprint density at radius 1 is 0.952 bits per heavy atom. The Labute approximate surface area is 121 Å². The normalized spacial score (nSPS) is 10.7. The number of aromatic nitrogens is 2. The summed E-state index contributed by atoms with van der Waals surface area (Å²) in [6.45, 7) is 0. The van der Waals surface area contributed by atoms with Gasteiger partial charge in [-0.05, 0) is 21.0 Å². The maximum absolute atomic E-state index is 10.8. The van der Waals surface area contributed by atoms with Crippen LogP contribution in [0.1, 0.15) is 17.2 Å². The molecule has 0 saturated heterocycles. The average Bonchev–Trinajstić information content (AvgIpc) is 3.00. The van der Waals surface area contributed by atoms with Gasteiger partial charge in [0.2, 0.25) is 6.33 Å². The number of nitrogens with zero attached hydrogens (tertiary/aromatic N) is 3. The summed E-state index contributed by atoms with van der Waals surface area (Å²) in [5.41, 5.74) is 2.10. The second-order valence-electron chi connectivity index (χ2n) is 4.66. The van der Waals surface area contributed by atoms with Gasteiger partial charge in [0.05, 0.1) is 6.04 Å². The highest BCUT2D eigenvalue weighted by Gasteiger charge is 2.20. The van der Waals surface area contributed by atoms with Gasteiger partial charge in [0, 0.05) is 0 Å². The lowest BCUT2D eigenvalue weighted by Gasteiger charge is -2.18. The van der Waals surface area contributed by atoms with Gasteiger partial charge < -0.3 is 10.1 Å². The van der Waals surface area contributed by atoms with Gasteiger partial charge in [0.25, 0.3) is 0 Å². The maximum atomic E-state index is 10.8. The summed E-state index contributed by atoms with van der Waals surface area (Å²) in [7, 11) is 0. The molecule has 0 saturated carbocycles. The Balaban J connectivity index is 2.10. The van der Waals surface area contributed by atoms with Crippen molar-refractivity contribution in [2.24, 2.45) is 0 Å². The summed E-state index contributed by atoms with van der Waals surface area (Å²) in [6, 6.07) is 19.6. The second kappa shape index (κ2) is 5.58. The summed E-state index contributed by atoms with van der Waals surface area (Å²) < 4.78 is 1.77. The number of rotatable bonds is 4. The minimum atomic E-state index is -0.483. The molecule has 1 heterocycles. The fourth-order valence-corrected chi connectivity index (χ4v) is 2.37. The molecule has 3 aromatic rings. The third-order valence-corrected chi connectivity index (χ3v) is 3.30. The van der Waals surface area contributed by atoms with E-state index in [4.69, 9.17) is 0 Å². The lowest BCUT2D eigenvalue weighted by atomic mass is 9.99. The molecule has 0 amide bonds. The number of nitro groups is 1. The molecule has 2 aromatic carbocycles. The maximum Gasteiger partial charge on any atom is 0.381 e. The molecule has 1 aromatic heterocycles. The molecule has 3 rings (SSSR count). The molecule has 5 heteroatoms. The van der Waals surface area contributed by atoms with Crippen LogP contribution in [0.4, 0.5) is 5.82 Å². The van der Waals surface area contributed by atoms with Crippen molar-refractivity contribution in [2.75, 3.05) is 0 Å². The van der Waals surface area contributed by atoms with Gasteiger partial charge in [-0.1, -0.05) is 60.7 Å². The van der Waals surface area contributed by atoms with E-state index in [9.17, 15) is 10.1 Å². The Morgan fingerprint density at radius 2 is 1.48 bits per heavy atom. The first-order valence-electron chi connectivity index (χ1n) is 6.53. The van der Waals surface area contributed by atoms with Crippen LogP contribution in [0, 0.1) is 10.1 Å². The van der Waals surface area contributed by atoms with Crippen LogP contribution in [-0.2, 0) is 0 Å². The van der Waals surface area contributed by atoms with E-state index < -0.39 is 4.92 Å². The fraction of sp³-hybridized carbons (Fsp3) is 0.0625. The van der Waals surface area contributed by atoms with Crippen molar-refractivity contribution in [3.8, 4) is 0 Å². The van der Waals surface area contributed by atoms with Gasteiger partial charge in [-0.3, -0.25) is 4.57 Å². The Hall–Kier alpha value is -2.95. The number of benzene rings is 2. The quantitative estimate of drug-likeness (QED) is 0.543. The van der Waals surface area contributed by atoms with Gasteiger partial charge >= 0.3 is 5.82 Å². The number of hydrogen-bond acceptors (Lipinski definition) is 3. The summed E-state index contributed by atoms with van der Waals surface area (Å²) in [5, 5.41) is 10.8. The van der Waals surface area contributed by atoms with Crippen LogP contribution in [0.25, 0.3) is 0 Å². The van der Waals surface area contributed by atoms with E-state index in [1.54, 1.807) is 4.57 Å². The van der Waals surface area contributed by atoms with Crippen molar-refractivity contribution in [1.82, 2.24) is 9.55 Å². The van der Waals surface area contributed by atoms with E-state index in [1.807, 2.05) is 60.7 Å². The highest BCUT2D eigenvalue weighted by Crippen LogP contribution is 2.27. The number of imidazole rings is 1. The van der Waals surface area contributed by atoms with Crippen LogP contribution in [0.2, 0.25) is 0 Å². The molecule has 0 fully saturated rings. The van der Waals surface area contributed by atoms with Crippen LogP contribution in [0.15, 0.2) is 73.2 Å². The average molecular weight is 279 g/mol. The van der Waals surface area contributed by atoms with Crippen LogP contribution in [-0.4, -0.2) is 14.5 Å². The van der Waals surface area contributed by atoms with Crippen LogP contribution in [0.5, 0.6) is 0 Å².